The predicted octanol–water partition coefficient (Wildman–Crippen LogP) is 4.50. The van der Waals surface area contributed by atoms with Gasteiger partial charge in [-0.2, -0.15) is 0 Å². The summed E-state index contributed by atoms with van der Waals surface area (Å²) in [7, 11) is 1.59. The van der Waals surface area contributed by atoms with Crippen LogP contribution < -0.4 is 10.1 Å². The van der Waals surface area contributed by atoms with E-state index in [2.05, 4.69) is 20.3 Å². The van der Waals surface area contributed by atoms with Gasteiger partial charge in [0.1, 0.15) is 11.6 Å². The fourth-order valence-corrected chi connectivity index (χ4v) is 3.92. The molecule has 2 aromatic heterocycles. The van der Waals surface area contributed by atoms with Crippen LogP contribution >= 0.6 is 11.3 Å². The smallest absolute Gasteiger partial charge is 0.338 e. The van der Waals surface area contributed by atoms with Gasteiger partial charge in [0, 0.05) is 11.3 Å². The average Bonchev–Trinajstić information content (AvgIpc) is 3.34. The summed E-state index contributed by atoms with van der Waals surface area (Å²) in [4.78, 5) is 37.0. The van der Waals surface area contributed by atoms with Crippen molar-refractivity contribution in [3.05, 3.63) is 59.4 Å². The van der Waals surface area contributed by atoms with E-state index in [0.29, 0.717) is 16.4 Å². The van der Waals surface area contributed by atoms with Crippen molar-refractivity contribution >= 4 is 38.6 Å². The van der Waals surface area contributed by atoms with E-state index in [4.69, 9.17) is 9.47 Å². The van der Waals surface area contributed by atoms with Gasteiger partial charge in [0.2, 0.25) is 0 Å². The summed E-state index contributed by atoms with van der Waals surface area (Å²) in [6.07, 6.45) is -0.987. The van der Waals surface area contributed by atoms with Gasteiger partial charge in [-0.15, -0.1) is 0 Å². The third-order valence-corrected chi connectivity index (χ3v) is 5.93. The average molecular weight is 451 g/mol. The fraction of sp³-hybridized carbons (Fsp3) is 0.217. The molecule has 9 heteroatoms. The second kappa shape index (κ2) is 8.80. The highest BCUT2D eigenvalue weighted by atomic mass is 32.1. The number of H-pyrrole nitrogens is 1. The number of nitrogens with one attached hydrogen (secondary N) is 2. The van der Waals surface area contributed by atoms with Gasteiger partial charge >= 0.3 is 5.97 Å². The van der Waals surface area contributed by atoms with Crippen molar-refractivity contribution in [2.45, 2.75) is 26.9 Å². The lowest BCUT2D eigenvalue weighted by Crippen LogP contribution is -2.29. The standard InChI is InChI=1S/C23H22N4O4S/c1-12-13(2)25-20(24-12)15-5-7-16(8-6-15)22(29)31-14(3)21(28)27-23-26-18-10-9-17(30-4)11-19(18)32-23/h5-11,14H,1-4H3,(H,24,25)(H,26,27,28). The van der Waals surface area contributed by atoms with Crippen LogP contribution in [0.25, 0.3) is 21.6 Å². The summed E-state index contributed by atoms with van der Waals surface area (Å²) in [5.74, 6) is 0.411. The Morgan fingerprint density at radius 3 is 2.50 bits per heavy atom. The molecule has 0 radical (unpaired) electrons. The number of benzene rings is 2. The van der Waals surface area contributed by atoms with E-state index in [9.17, 15) is 9.59 Å². The molecule has 2 N–H and O–H groups in total. The summed E-state index contributed by atoms with van der Waals surface area (Å²) in [5, 5.41) is 3.13. The molecule has 32 heavy (non-hydrogen) atoms. The maximum Gasteiger partial charge on any atom is 0.338 e. The monoisotopic (exact) mass is 450 g/mol. The van der Waals surface area contributed by atoms with Crippen LogP contribution in [0.2, 0.25) is 0 Å². The SMILES string of the molecule is COc1ccc2nc(NC(=O)C(C)OC(=O)c3ccc(-c4nc(C)c(C)[nH]4)cc3)sc2c1. The van der Waals surface area contributed by atoms with Crippen molar-refractivity contribution in [1.82, 2.24) is 15.0 Å². The van der Waals surface area contributed by atoms with E-state index >= 15 is 0 Å². The van der Waals surface area contributed by atoms with Gasteiger partial charge in [-0.25, -0.2) is 14.8 Å². The third-order valence-electron chi connectivity index (χ3n) is 5.00. The molecule has 1 atom stereocenters. The maximum absolute atomic E-state index is 12.5. The molecule has 0 aliphatic heterocycles. The minimum absolute atomic E-state index is 0.348. The number of methoxy groups -OCH3 is 1. The largest absolute Gasteiger partial charge is 0.497 e. The zero-order valence-electron chi connectivity index (χ0n) is 18.1. The number of hydrogen-bond acceptors (Lipinski definition) is 7. The fourth-order valence-electron chi connectivity index (χ4n) is 3.02. The molecule has 0 bridgehead atoms. The molecule has 1 unspecified atom stereocenters. The van der Waals surface area contributed by atoms with Gasteiger partial charge in [0.15, 0.2) is 11.2 Å². The van der Waals surface area contributed by atoms with Gasteiger partial charge in [-0.1, -0.05) is 23.5 Å². The summed E-state index contributed by atoms with van der Waals surface area (Å²) >= 11 is 1.32. The third kappa shape index (κ3) is 4.47. The number of nitrogens with zero attached hydrogens (tertiary/aromatic N) is 2. The molecule has 8 nitrogen and oxygen atoms in total. The molecule has 164 valence electrons. The number of thiazole rings is 1. The van der Waals surface area contributed by atoms with Crippen molar-refractivity contribution in [3.63, 3.8) is 0 Å². The van der Waals surface area contributed by atoms with Gasteiger partial charge in [0.25, 0.3) is 5.91 Å². The maximum atomic E-state index is 12.5. The second-order valence-corrected chi connectivity index (χ2v) is 8.29. The first-order chi connectivity index (χ1) is 15.3. The Morgan fingerprint density at radius 1 is 1.09 bits per heavy atom. The number of hydrogen-bond donors (Lipinski definition) is 2. The molecule has 4 aromatic rings. The Kier molecular flexibility index (Phi) is 5.91. The molecular weight excluding hydrogens is 428 g/mol. The predicted molar refractivity (Wildman–Crippen MR) is 123 cm³/mol. The van der Waals surface area contributed by atoms with Crippen LogP contribution in [0.3, 0.4) is 0 Å². The Morgan fingerprint density at radius 2 is 1.84 bits per heavy atom. The van der Waals surface area contributed by atoms with Crippen LogP contribution in [0.1, 0.15) is 28.7 Å². The lowest BCUT2D eigenvalue weighted by atomic mass is 10.1. The second-order valence-electron chi connectivity index (χ2n) is 7.26. The van der Waals surface area contributed by atoms with E-state index in [-0.39, 0.29) is 0 Å². The molecule has 0 aliphatic rings. The summed E-state index contributed by atoms with van der Waals surface area (Å²) in [6, 6.07) is 12.3. The molecule has 1 amide bonds. The van der Waals surface area contributed by atoms with Gasteiger partial charge in [0.05, 0.1) is 28.6 Å². The van der Waals surface area contributed by atoms with Crippen molar-refractivity contribution in [2.75, 3.05) is 12.4 Å². The van der Waals surface area contributed by atoms with E-state index in [0.717, 1.165) is 33.0 Å². The van der Waals surface area contributed by atoms with Crippen LogP contribution in [0.4, 0.5) is 5.13 Å². The van der Waals surface area contributed by atoms with Crippen LogP contribution in [0.5, 0.6) is 5.75 Å². The molecule has 0 saturated carbocycles. The van der Waals surface area contributed by atoms with Crippen molar-refractivity contribution in [3.8, 4) is 17.1 Å². The van der Waals surface area contributed by atoms with Crippen molar-refractivity contribution < 1.29 is 19.1 Å². The minimum Gasteiger partial charge on any atom is -0.497 e. The van der Waals surface area contributed by atoms with Gasteiger partial charge in [-0.3, -0.25) is 10.1 Å². The molecule has 4 rings (SSSR count). The van der Waals surface area contributed by atoms with Crippen molar-refractivity contribution in [1.29, 1.82) is 0 Å². The lowest BCUT2D eigenvalue weighted by Gasteiger charge is -2.12. The highest BCUT2D eigenvalue weighted by molar-refractivity contribution is 7.22. The quantitative estimate of drug-likeness (QED) is 0.419. The topological polar surface area (TPSA) is 106 Å². The number of esters is 1. The molecule has 2 heterocycles. The van der Waals surface area contributed by atoms with E-state index in [1.165, 1.54) is 18.3 Å². The first-order valence-electron chi connectivity index (χ1n) is 9.94. The molecular formula is C23H22N4O4S. The summed E-state index contributed by atoms with van der Waals surface area (Å²) < 4.78 is 11.4. The number of aromatic amines is 1. The zero-order chi connectivity index (χ0) is 22.8. The Bertz CT molecular complexity index is 1270. The van der Waals surface area contributed by atoms with Crippen LogP contribution in [0.15, 0.2) is 42.5 Å². The number of fused-ring (bicyclic) bond motifs is 1. The van der Waals surface area contributed by atoms with Crippen molar-refractivity contribution in [2.24, 2.45) is 0 Å². The number of ether oxygens (including phenoxy) is 2. The molecule has 0 spiro atoms. The highest BCUT2D eigenvalue weighted by Crippen LogP contribution is 2.29. The first kappa shape index (κ1) is 21.5. The number of anilines is 1. The van der Waals surface area contributed by atoms with Gasteiger partial charge in [-0.05, 0) is 51.1 Å². The van der Waals surface area contributed by atoms with E-state index in [1.807, 2.05) is 26.0 Å². The number of aromatic nitrogens is 3. The number of aryl methyl sites for hydroxylation is 2. The number of carbonyl (C=O) groups is 2. The van der Waals surface area contributed by atoms with E-state index < -0.39 is 18.0 Å². The zero-order valence-corrected chi connectivity index (χ0v) is 18.9. The molecule has 0 aliphatic carbocycles. The van der Waals surface area contributed by atoms with Crippen LogP contribution in [-0.2, 0) is 9.53 Å². The first-order valence-corrected chi connectivity index (χ1v) is 10.8. The van der Waals surface area contributed by atoms with Gasteiger partial charge < -0.3 is 14.5 Å². The number of imidazole rings is 1. The van der Waals surface area contributed by atoms with Crippen LogP contribution in [0, 0.1) is 13.8 Å². The summed E-state index contributed by atoms with van der Waals surface area (Å²) in [6.45, 7) is 5.40. The Labute approximate surface area is 188 Å². The Balaban J connectivity index is 1.39. The molecule has 2 aromatic carbocycles. The highest BCUT2D eigenvalue weighted by Gasteiger charge is 2.20. The normalized spacial score (nSPS) is 11.9. The Hall–Kier alpha value is -3.72. The number of amides is 1. The van der Waals surface area contributed by atoms with Crippen LogP contribution in [-0.4, -0.2) is 40.0 Å². The number of rotatable bonds is 6. The molecule has 0 fully saturated rings. The summed E-state index contributed by atoms with van der Waals surface area (Å²) in [5.41, 5.74) is 3.88. The lowest BCUT2D eigenvalue weighted by molar-refractivity contribution is -0.123. The number of carbonyl (C=O) groups excluding carboxylic acids is 2. The molecule has 0 saturated heterocycles. The van der Waals surface area contributed by atoms with E-state index in [1.54, 1.807) is 37.4 Å². The minimum atomic E-state index is -0.987.